The maximum Gasteiger partial charge on any atom is 0.389 e. The molecule has 0 aromatic rings. The van der Waals surface area contributed by atoms with Crippen LogP contribution in [-0.2, 0) is 14.8 Å². The molecule has 0 unspecified atom stereocenters. The van der Waals surface area contributed by atoms with Gasteiger partial charge in [-0.3, -0.25) is 4.79 Å². The van der Waals surface area contributed by atoms with E-state index < -0.39 is 47.2 Å². The van der Waals surface area contributed by atoms with Crippen molar-refractivity contribution < 1.29 is 31.5 Å². The molecule has 0 spiro atoms. The van der Waals surface area contributed by atoms with Crippen molar-refractivity contribution in [2.45, 2.75) is 25.4 Å². The molecule has 9 heteroatoms. The van der Waals surface area contributed by atoms with Gasteiger partial charge >= 0.3 is 12.1 Å². The van der Waals surface area contributed by atoms with Gasteiger partial charge in [-0.25, -0.2) is 13.1 Å². The van der Waals surface area contributed by atoms with E-state index in [-0.39, 0.29) is 6.54 Å². The molecule has 0 aromatic heterocycles. The Balaban J connectivity index is 3.84. The molecule has 16 heavy (non-hydrogen) atoms. The number of alkyl halides is 3. The van der Waals surface area contributed by atoms with Gasteiger partial charge in [0.1, 0.15) is 0 Å². The summed E-state index contributed by atoms with van der Waals surface area (Å²) in [6, 6.07) is 0. The fourth-order valence-electron chi connectivity index (χ4n) is 0.848. The van der Waals surface area contributed by atoms with Crippen molar-refractivity contribution in [3.05, 3.63) is 0 Å². The van der Waals surface area contributed by atoms with Crippen LogP contribution < -0.4 is 4.72 Å². The summed E-state index contributed by atoms with van der Waals surface area (Å²) in [5.41, 5.74) is 0. The Hall–Kier alpha value is -0.830. The summed E-state index contributed by atoms with van der Waals surface area (Å²) < 4.78 is 59.0. The molecule has 2 N–H and O–H groups in total. The van der Waals surface area contributed by atoms with Gasteiger partial charge in [0.25, 0.3) is 0 Å². The number of sulfonamides is 1. The lowest BCUT2D eigenvalue weighted by Gasteiger charge is -2.07. The Morgan fingerprint density at radius 3 is 2.31 bits per heavy atom. The maximum atomic E-state index is 11.7. The third kappa shape index (κ3) is 9.71. The van der Waals surface area contributed by atoms with Crippen molar-refractivity contribution in [1.29, 1.82) is 0 Å². The predicted molar refractivity (Wildman–Crippen MR) is 49.3 cm³/mol. The number of carbonyl (C=O) groups is 1. The number of carboxylic acid groups (broad SMARTS) is 1. The quantitative estimate of drug-likeness (QED) is 0.709. The molecule has 0 aliphatic rings. The second-order valence-electron chi connectivity index (χ2n) is 3.08. The third-order valence-corrected chi connectivity index (χ3v) is 3.00. The van der Waals surface area contributed by atoms with Gasteiger partial charge in [-0.2, -0.15) is 13.2 Å². The molecule has 0 saturated heterocycles. The molecule has 5 nitrogen and oxygen atoms in total. The number of hydrogen-bond donors (Lipinski definition) is 2. The molecule has 0 radical (unpaired) electrons. The Kier molecular flexibility index (Phi) is 5.73. The monoisotopic (exact) mass is 263 g/mol. The van der Waals surface area contributed by atoms with Crippen LogP contribution in [0.25, 0.3) is 0 Å². The first-order valence-electron chi connectivity index (χ1n) is 4.38. The summed E-state index contributed by atoms with van der Waals surface area (Å²) in [7, 11) is -3.81. The van der Waals surface area contributed by atoms with Crippen molar-refractivity contribution in [2.75, 3.05) is 12.3 Å². The summed E-state index contributed by atoms with van der Waals surface area (Å²) in [6.45, 7) is -0.316. The molecule has 0 aliphatic heterocycles. The molecule has 0 saturated carbocycles. The highest BCUT2D eigenvalue weighted by molar-refractivity contribution is 7.89. The first kappa shape index (κ1) is 15.2. The molecule has 0 amide bonds. The fraction of sp³-hybridized carbons (Fsp3) is 0.857. The summed E-state index contributed by atoms with van der Waals surface area (Å²) in [5, 5.41) is 8.21. The van der Waals surface area contributed by atoms with Crippen LogP contribution in [0.5, 0.6) is 0 Å². The molecule has 0 atom stereocenters. The lowest BCUT2D eigenvalue weighted by atomic mass is 10.3. The maximum absolute atomic E-state index is 11.7. The first-order valence-corrected chi connectivity index (χ1v) is 6.03. The van der Waals surface area contributed by atoms with Crippen molar-refractivity contribution in [3.8, 4) is 0 Å². The van der Waals surface area contributed by atoms with Crippen molar-refractivity contribution in [2.24, 2.45) is 0 Å². The minimum absolute atomic E-state index is 0.316. The molecule has 0 fully saturated rings. The average Bonchev–Trinajstić information content (AvgIpc) is 1.99. The van der Waals surface area contributed by atoms with Gasteiger partial charge in [0.2, 0.25) is 10.0 Å². The molecule has 0 rings (SSSR count). The molecule has 0 aromatic carbocycles. The third-order valence-electron chi connectivity index (χ3n) is 1.53. The van der Waals surface area contributed by atoms with Gasteiger partial charge in [-0.05, 0) is 6.42 Å². The number of nitrogens with one attached hydrogen (secondary N) is 1. The zero-order valence-electron chi connectivity index (χ0n) is 8.25. The second-order valence-corrected chi connectivity index (χ2v) is 5.00. The van der Waals surface area contributed by atoms with Crippen LogP contribution in [-0.4, -0.2) is 38.0 Å². The van der Waals surface area contributed by atoms with Crippen molar-refractivity contribution >= 4 is 16.0 Å². The van der Waals surface area contributed by atoms with E-state index in [0.29, 0.717) is 0 Å². The molecule has 0 heterocycles. The number of hydrogen-bond acceptors (Lipinski definition) is 3. The smallest absolute Gasteiger partial charge is 0.389 e. The van der Waals surface area contributed by atoms with Crippen LogP contribution in [0.4, 0.5) is 13.2 Å². The number of halogens is 3. The lowest BCUT2D eigenvalue weighted by molar-refractivity contribution is -0.137. The normalized spacial score (nSPS) is 12.7. The highest BCUT2D eigenvalue weighted by Gasteiger charge is 2.27. The van der Waals surface area contributed by atoms with Gasteiger partial charge in [-0.15, -0.1) is 0 Å². The highest BCUT2D eigenvalue weighted by Crippen LogP contribution is 2.21. The lowest BCUT2D eigenvalue weighted by Crippen LogP contribution is -2.29. The highest BCUT2D eigenvalue weighted by atomic mass is 32.2. The molecule has 96 valence electrons. The average molecular weight is 263 g/mol. The van der Waals surface area contributed by atoms with Crippen LogP contribution >= 0.6 is 0 Å². The number of aliphatic carboxylic acids is 1. The van der Waals surface area contributed by atoms with E-state index in [1.807, 2.05) is 4.72 Å². The van der Waals surface area contributed by atoms with Gasteiger partial charge in [0, 0.05) is 13.0 Å². The minimum Gasteiger partial charge on any atom is -0.481 e. The second kappa shape index (κ2) is 6.04. The summed E-state index contributed by atoms with van der Waals surface area (Å²) in [5.74, 6) is -1.84. The van der Waals surface area contributed by atoms with Crippen LogP contribution in [0.3, 0.4) is 0 Å². The van der Waals surface area contributed by atoms with Crippen LogP contribution in [0.1, 0.15) is 19.3 Å². The van der Waals surface area contributed by atoms with E-state index >= 15 is 0 Å². The molecule has 0 bridgehead atoms. The summed E-state index contributed by atoms with van der Waals surface area (Å²) in [4.78, 5) is 10.0. The van der Waals surface area contributed by atoms with Crippen LogP contribution in [0, 0.1) is 0 Å². The van der Waals surface area contributed by atoms with Gasteiger partial charge in [0.15, 0.2) is 0 Å². The fourth-order valence-corrected chi connectivity index (χ4v) is 1.93. The predicted octanol–water partition coefficient (Wildman–Crippen LogP) is 0.723. The summed E-state index contributed by atoms with van der Waals surface area (Å²) in [6.07, 6.45) is -6.49. The topological polar surface area (TPSA) is 83.5 Å². The van der Waals surface area contributed by atoms with Crippen molar-refractivity contribution in [3.63, 3.8) is 0 Å². The zero-order valence-corrected chi connectivity index (χ0v) is 9.07. The standard InChI is InChI=1S/C7H12F3NO4S/c8-7(9,10)3-1-5-16(14,15)11-4-2-6(12)13/h11H,1-5H2,(H,12,13). The Bertz CT molecular complexity index is 325. The van der Waals surface area contributed by atoms with E-state index in [1.54, 1.807) is 0 Å². The van der Waals surface area contributed by atoms with E-state index in [2.05, 4.69) is 0 Å². The Labute approximate surface area is 90.7 Å². The van der Waals surface area contributed by atoms with Gasteiger partial charge in [0.05, 0.1) is 12.2 Å². The Morgan fingerprint density at radius 1 is 1.31 bits per heavy atom. The van der Waals surface area contributed by atoms with E-state index in [1.165, 1.54) is 0 Å². The largest absolute Gasteiger partial charge is 0.481 e. The van der Waals surface area contributed by atoms with Gasteiger partial charge < -0.3 is 5.11 Å². The Morgan fingerprint density at radius 2 is 1.88 bits per heavy atom. The van der Waals surface area contributed by atoms with E-state index in [0.717, 1.165) is 0 Å². The SMILES string of the molecule is O=C(O)CCNS(=O)(=O)CCCC(F)(F)F. The number of rotatable bonds is 7. The molecular formula is C7H12F3NO4S. The molecular weight excluding hydrogens is 251 g/mol. The van der Waals surface area contributed by atoms with E-state index in [4.69, 9.17) is 5.11 Å². The van der Waals surface area contributed by atoms with Crippen LogP contribution in [0.15, 0.2) is 0 Å². The van der Waals surface area contributed by atoms with Crippen LogP contribution in [0.2, 0.25) is 0 Å². The summed E-state index contributed by atoms with van der Waals surface area (Å²) >= 11 is 0. The van der Waals surface area contributed by atoms with Crippen molar-refractivity contribution in [1.82, 2.24) is 4.72 Å². The first-order chi connectivity index (χ1) is 7.12. The molecule has 0 aliphatic carbocycles. The van der Waals surface area contributed by atoms with E-state index in [9.17, 15) is 26.4 Å². The van der Waals surface area contributed by atoms with Gasteiger partial charge in [-0.1, -0.05) is 0 Å². The minimum atomic E-state index is -4.38. The number of carboxylic acids is 1. The zero-order chi connectivity index (χ0) is 12.8.